The second kappa shape index (κ2) is 8.74. The van der Waals surface area contributed by atoms with Crippen molar-refractivity contribution in [2.24, 2.45) is 5.73 Å². The molecule has 0 unspecified atom stereocenters. The predicted octanol–water partition coefficient (Wildman–Crippen LogP) is 2.54. The van der Waals surface area contributed by atoms with Crippen LogP contribution in [0, 0.1) is 0 Å². The third-order valence-electron chi connectivity index (χ3n) is 4.73. The minimum Gasteiger partial charge on any atom is -0.485 e. The van der Waals surface area contributed by atoms with Crippen molar-refractivity contribution in [1.82, 2.24) is 14.8 Å². The summed E-state index contributed by atoms with van der Waals surface area (Å²) in [6, 6.07) is 13.7. The van der Waals surface area contributed by atoms with E-state index in [1.165, 1.54) is 0 Å². The number of rotatable bonds is 7. The standard InChI is InChI=1S/C21H23N5O3/c22-21(27)20-18(29-14-15-4-2-1-3-5-15)13-26(25-20)17-6-9-23-19(12-17)24-16-7-10-28-11-8-16/h1-6,9,12-13,16H,7-8,10-11,14H2,(H2,22,27)(H,23,24). The second-order valence-corrected chi connectivity index (χ2v) is 6.86. The summed E-state index contributed by atoms with van der Waals surface area (Å²) in [6.07, 6.45) is 5.25. The van der Waals surface area contributed by atoms with Gasteiger partial charge in [0.25, 0.3) is 5.91 Å². The molecular formula is C21H23N5O3. The number of ether oxygens (including phenoxy) is 2. The molecule has 29 heavy (non-hydrogen) atoms. The van der Waals surface area contributed by atoms with Gasteiger partial charge in [0.05, 0.1) is 11.9 Å². The molecular weight excluding hydrogens is 370 g/mol. The van der Waals surface area contributed by atoms with Gasteiger partial charge in [-0.15, -0.1) is 0 Å². The Morgan fingerprint density at radius 3 is 2.79 bits per heavy atom. The zero-order chi connectivity index (χ0) is 20.1. The first-order valence-electron chi connectivity index (χ1n) is 9.56. The van der Waals surface area contributed by atoms with Crippen LogP contribution in [0.5, 0.6) is 5.75 Å². The largest absolute Gasteiger partial charge is 0.485 e. The smallest absolute Gasteiger partial charge is 0.273 e. The van der Waals surface area contributed by atoms with Crippen LogP contribution in [0.2, 0.25) is 0 Å². The summed E-state index contributed by atoms with van der Waals surface area (Å²) in [5.41, 5.74) is 7.34. The van der Waals surface area contributed by atoms with Crippen LogP contribution in [0.1, 0.15) is 28.9 Å². The highest BCUT2D eigenvalue weighted by Gasteiger charge is 2.18. The molecule has 0 radical (unpaired) electrons. The van der Waals surface area contributed by atoms with Gasteiger partial charge < -0.3 is 20.5 Å². The Morgan fingerprint density at radius 2 is 2.03 bits per heavy atom. The van der Waals surface area contributed by atoms with E-state index in [4.69, 9.17) is 15.2 Å². The number of benzene rings is 1. The number of primary amides is 1. The van der Waals surface area contributed by atoms with Crippen molar-refractivity contribution in [2.45, 2.75) is 25.5 Å². The molecule has 150 valence electrons. The van der Waals surface area contributed by atoms with Crippen LogP contribution >= 0.6 is 0 Å². The summed E-state index contributed by atoms with van der Waals surface area (Å²) < 4.78 is 12.8. The molecule has 0 atom stereocenters. The van der Waals surface area contributed by atoms with Crippen LogP contribution in [0.25, 0.3) is 5.69 Å². The molecule has 0 saturated carbocycles. The number of amides is 1. The van der Waals surface area contributed by atoms with Gasteiger partial charge in [-0.3, -0.25) is 4.79 Å². The molecule has 2 aromatic heterocycles. The fourth-order valence-corrected chi connectivity index (χ4v) is 3.19. The Hall–Kier alpha value is -3.39. The van der Waals surface area contributed by atoms with Crippen molar-refractivity contribution in [1.29, 1.82) is 0 Å². The van der Waals surface area contributed by atoms with Crippen LogP contribution < -0.4 is 15.8 Å². The molecule has 4 rings (SSSR count). The molecule has 8 nitrogen and oxygen atoms in total. The maximum atomic E-state index is 11.8. The Balaban J connectivity index is 1.53. The number of nitrogens with two attached hydrogens (primary N) is 1. The zero-order valence-electron chi connectivity index (χ0n) is 16.0. The van der Waals surface area contributed by atoms with Gasteiger partial charge in [-0.2, -0.15) is 5.10 Å². The quantitative estimate of drug-likeness (QED) is 0.639. The van der Waals surface area contributed by atoms with Gasteiger partial charge in [0, 0.05) is 31.5 Å². The first-order chi connectivity index (χ1) is 14.2. The van der Waals surface area contributed by atoms with E-state index in [-0.39, 0.29) is 5.69 Å². The lowest BCUT2D eigenvalue weighted by Crippen LogP contribution is -2.28. The summed E-state index contributed by atoms with van der Waals surface area (Å²) in [5, 5.41) is 7.75. The van der Waals surface area contributed by atoms with E-state index in [2.05, 4.69) is 15.4 Å². The number of pyridine rings is 1. The molecule has 1 amide bonds. The number of carbonyl (C=O) groups excluding carboxylic acids is 1. The molecule has 3 N–H and O–H groups in total. The molecule has 1 fully saturated rings. The summed E-state index contributed by atoms with van der Waals surface area (Å²) in [4.78, 5) is 16.2. The number of hydrogen-bond acceptors (Lipinski definition) is 6. The summed E-state index contributed by atoms with van der Waals surface area (Å²) in [5.74, 6) is 0.454. The third-order valence-corrected chi connectivity index (χ3v) is 4.73. The van der Waals surface area contributed by atoms with Crippen LogP contribution in [0.15, 0.2) is 54.9 Å². The van der Waals surface area contributed by atoms with E-state index in [1.807, 2.05) is 42.5 Å². The molecule has 3 heterocycles. The first kappa shape index (κ1) is 18.9. The average molecular weight is 393 g/mol. The van der Waals surface area contributed by atoms with Crippen molar-refractivity contribution in [3.8, 4) is 11.4 Å². The van der Waals surface area contributed by atoms with E-state index in [9.17, 15) is 4.79 Å². The van der Waals surface area contributed by atoms with Gasteiger partial charge in [0.2, 0.25) is 0 Å². The highest BCUT2D eigenvalue weighted by atomic mass is 16.5. The predicted molar refractivity (Wildman–Crippen MR) is 108 cm³/mol. The Bertz CT molecular complexity index is 967. The molecule has 0 spiro atoms. The molecule has 3 aromatic rings. The minimum atomic E-state index is -0.638. The highest BCUT2D eigenvalue weighted by Crippen LogP contribution is 2.22. The van der Waals surface area contributed by atoms with Crippen molar-refractivity contribution in [3.63, 3.8) is 0 Å². The molecule has 1 saturated heterocycles. The Labute approximate surface area is 168 Å². The first-order valence-corrected chi connectivity index (χ1v) is 9.56. The third kappa shape index (κ3) is 4.72. The number of carbonyl (C=O) groups is 1. The Morgan fingerprint density at radius 1 is 1.24 bits per heavy atom. The maximum Gasteiger partial charge on any atom is 0.273 e. The lowest BCUT2D eigenvalue weighted by atomic mass is 10.1. The fourth-order valence-electron chi connectivity index (χ4n) is 3.19. The van der Waals surface area contributed by atoms with Crippen molar-refractivity contribution in [2.75, 3.05) is 18.5 Å². The summed E-state index contributed by atoms with van der Waals surface area (Å²) in [7, 11) is 0. The van der Waals surface area contributed by atoms with Gasteiger partial charge in [-0.1, -0.05) is 30.3 Å². The number of hydrogen-bond donors (Lipinski definition) is 2. The molecule has 1 aromatic carbocycles. The van der Waals surface area contributed by atoms with E-state index >= 15 is 0 Å². The fraction of sp³-hybridized carbons (Fsp3) is 0.286. The number of nitrogens with zero attached hydrogens (tertiary/aromatic N) is 3. The molecule has 1 aliphatic rings. The molecule has 0 aliphatic carbocycles. The SMILES string of the molecule is NC(=O)c1nn(-c2ccnc(NC3CCOCC3)c2)cc1OCc1ccccc1. The monoisotopic (exact) mass is 393 g/mol. The van der Waals surface area contributed by atoms with Gasteiger partial charge in [-0.25, -0.2) is 9.67 Å². The van der Waals surface area contributed by atoms with Gasteiger partial charge >= 0.3 is 0 Å². The van der Waals surface area contributed by atoms with Gasteiger partial charge in [-0.05, 0) is 24.5 Å². The normalized spacial score (nSPS) is 14.5. The van der Waals surface area contributed by atoms with Crippen molar-refractivity contribution in [3.05, 3.63) is 66.1 Å². The van der Waals surface area contributed by atoms with Crippen molar-refractivity contribution < 1.29 is 14.3 Å². The minimum absolute atomic E-state index is 0.0941. The lowest BCUT2D eigenvalue weighted by Gasteiger charge is -2.23. The van der Waals surface area contributed by atoms with Crippen LogP contribution in [0.4, 0.5) is 5.82 Å². The lowest BCUT2D eigenvalue weighted by molar-refractivity contribution is 0.0904. The summed E-state index contributed by atoms with van der Waals surface area (Å²) >= 11 is 0. The second-order valence-electron chi connectivity index (χ2n) is 6.86. The zero-order valence-corrected chi connectivity index (χ0v) is 16.0. The van der Waals surface area contributed by atoms with Crippen LogP contribution in [0.3, 0.4) is 0 Å². The number of nitrogens with one attached hydrogen (secondary N) is 1. The van der Waals surface area contributed by atoms with Crippen molar-refractivity contribution >= 4 is 11.7 Å². The van der Waals surface area contributed by atoms with E-state index in [0.717, 1.165) is 43.1 Å². The van der Waals surface area contributed by atoms with Gasteiger partial charge in [0.15, 0.2) is 11.4 Å². The topological polar surface area (TPSA) is 104 Å². The van der Waals surface area contributed by atoms with E-state index in [0.29, 0.717) is 18.4 Å². The van der Waals surface area contributed by atoms with Gasteiger partial charge in [0.1, 0.15) is 12.4 Å². The molecule has 0 bridgehead atoms. The van der Waals surface area contributed by atoms with Crippen LogP contribution in [-0.4, -0.2) is 39.9 Å². The molecule has 8 heteroatoms. The van der Waals surface area contributed by atoms with Crippen LogP contribution in [-0.2, 0) is 11.3 Å². The summed E-state index contributed by atoms with van der Waals surface area (Å²) in [6.45, 7) is 1.82. The van der Waals surface area contributed by atoms with E-state index < -0.39 is 5.91 Å². The molecule has 1 aliphatic heterocycles. The van der Waals surface area contributed by atoms with E-state index in [1.54, 1.807) is 17.1 Å². The number of anilines is 1. The average Bonchev–Trinajstić information content (AvgIpc) is 3.19. The highest BCUT2D eigenvalue weighted by molar-refractivity contribution is 5.93. The number of aromatic nitrogens is 3. The Kier molecular flexibility index (Phi) is 5.71. The maximum absolute atomic E-state index is 11.8.